The zero-order valence-corrected chi connectivity index (χ0v) is 15.8. The number of carbonyl (C=O) groups excluding carboxylic acids is 2. The van der Waals surface area contributed by atoms with Gasteiger partial charge in [0.05, 0.1) is 4.88 Å². The van der Waals surface area contributed by atoms with Crippen LogP contribution in [-0.2, 0) is 4.79 Å². The second-order valence-electron chi connectivity index (χ2n) is 6.51. The number of rotatable bonds is 4. The average molecular weight is 380 g/mol. The average Bonchev–Trinajstić information content (AvgIpc) is 3.43. The number of carbonyl (C=O) groups is 2. The minimum absolute atomic E-state index is 0.0615. The van der Waals surface area contributed by atoms with Crippen LogP contribution in [0.25, 0.3) is 5.69 Å². The molecule has 2 aromatic heterocycles. The molecule has 1 aliphatic rings. The number of amides is 2. The lowest BCUT2D eigenvalue weighted by atomic mass is 10.2. The number of benzene rings is 1. The molecule has 27 heavy (non-hydrogen) atoms. The van der Waals surface area contributed by atoms with Crippen LogP contribution in [0.3, 0.4) is 0 Å². The van der Waals surface area contributed by atoms with E-state index >= 15 is 0 Å². The van der Waals surface area contributed by atoms with Crippen LogP contribution in [-0.4, -0.2) is 38.9 Å². The largest absolute Gasteiger partial charge is 0.326 e. The van der Waals surface area contributed by atoms with Gasteiger partial charge in [0.15, 0.2) is 0 Å². The molecule has 0 radical (unpaired) electrons. The van der Waals surface area contributed by atoms with E-state index in [1.165, 1.54) is 11.3 Å². The van der Waals surface area contributed by atoms with Crippen molar-refractivity contribution in [2.24, 2.45) is 0 Å². The van der Waals surface area contributed by atoms with E-state index in [1.54, 1.807) is 17.2 Å². The Morgan fingerprint density at radius 2 is 2.04 bits per heavy atom. The monoisotopic (exact) mass is 380 g/mol. The van der Waals surface area contributed by atoms with E-state index in [9.17, 15) is 9.59 Å². The van der Waals surface area contributed by atoms with Crippen molar-refractivity contribution in [1.82, 2.24) is 14.5 Å². The molecule has 1 fully saturated rings. The molecule has 1 atom stereocenters. The summed E-state index contributed by atoms with van der Waals surface area (Å²) in [6.45, 7) is 2.56. The predicted molar refractivity (Wildman–Crippen MR) is 105 cm³/mol. The van der Waals surface area contributed by atoms with Gasteiger partial charge in [-0.1, -0.05) is 6.07 Å². The molecule has 0 saturated carbocycles. The molecular weight excluding hydrogens is 360 g/mol. The summed E-state index contributed by atoms with van der Waals surface area (Å²) in [7, 11) is 0. The number of anilines is 1. The highest BCUT2D eigenvalue weighted by Gasteiger charge is 2.34. The van der Waals surface area contributed by atoms with Crippen molar-refractivity contribution in [3.63, 3.8) is 0 Å². The third-order valence-electron chi connectivity index (χ3n) is 4.79. The van der Waals surface area contributed by atoms with Gasteiger partial charge in [-0.25, -0.2) is 4.98 Å². The number of likely N-dealkylation sites (tertiary alicyclic amines) is 1. The fourth-order valence-corrected chi connectivity index (χ4v) is 4.08. The molecule has 0 aliphatic carbocycles. The summed E-state index contributed by atoms with van der Waals surface area (Å²) in [6.07, 6.45) is 5.18. The van der Waals surface area contributed by atoms with Gasteiger partial charge in [-0.3, -0.25) is 9.59 Å². The lowest BCUT2D eigenvalue weighted by molar-refractivity contribution is -0.119. The maximum absolute atomic E-state index is 12.8. The Bertz CT molecular complexity index is 947. The Morgan fingerprint density at radius 1 is 1.22 bits per heavy atom. The molecule has 1 aliphatic heterocycles. The maximum atomic E-state index is 12.8. The topological polar surface area (TPSA) is 67.2 Å². The lowest BCUT2D eigenvalue weighted by Crippen LogP contribution is -2.42. The van der Waals surface area contributed by atoms with Crippen LogP contribution in [0.15, 0.2) is 54.2 Å². The van der Waals surface area contributed by atoms with E-state index in [0.717, 1.165) is 23.6 Å². The molecule has 138 valence electrons. The lowest BCUT2D eigenvalue weighted by Gasteiger charge is -2.23. The molecule has 6 nitrogen and oxygen atoms in total. The second-order valence-corrected chi connectivity index (χ2v) is 7.46. The van der Waals surface area contributed by atoms with Gasteiger partial charge in [-0.15, -0.1) is 11.3 Å². The first-order chi connectivity index (χ1) is 13.1. The van der Waals surface area contributed by atoms with Crippen molar-refractivity contribution in [1.29, 1.82) is 0 Å². The summed E-state index contributed by atoms with van der Waals surface area (Å²) in [5.41, 5.74) is 1.70. The molecule has 1 N–H and O–H groups in total. The summed E-state index contributed by atoms with van der Waals surface area (Å²) in [5, 5.41) is 4.82. The quantitative estimate of drug-likeness (QED) is 0.753. The van der Waals surface area contributed by atoms with E-state index < -0.39 is 6.04 Å². The number of nitrogens with zero attached hydrogens (tertiary/aromatic N) is 3. The molecule has 1 saturated heterocycles. The molecular formula is C20H20N4O2S. The Labute approximate surface area is 161 Å². The van der Waals surface area contributed by atoms with Crippen molar-refractivity contribution in [2.75, 3.05) is 11.9 Å². The Morgan fingerprint density at radius 3 is 2.70 bits per heavy atom. The number of nitrogens with one attached hydrogen (secondary N) is 1. The van der Waals surface area contributed by atoms with Crippen LogP contribution in [0.5, 0.6) is 0 Å². The Kier molecular flexibility index (Phi) is 4.77. The molecule has 0 bridgehead atoms. The molecule has 3 aromatic rings. The van der Waals surface area contributed by atoms with Gasteiger partial charge in [0.2, 0.25) is 5.91 Å². The van der Waals surface area contributed by atoms with Crippen LogP contribution in [0.1, 0.15) is 28.3 Å². The maximum Gasteiger partial charge on any atom is 0.264 e. The molecule has 7 heteroatoms. The Balaban J connectivity index is 1.45. The molecule has 1 aromatic carbocycles. The summed E-state index contributed by atoms with van der Waals surface area (Å²) >= 11 is 1.41. The SMILES string of the molecule is Cc1nccn1-c1ccc(NC(=O)[C@@H]2CCCN2C(=O)c2cccs2)cc1. The van der Waals surface area contributed by atoms with Gasteiger partial charge in [-0.2, -0.15) is 0 Å². The molecule has 0 spiro atoms. The smallest absolute Gasteiger partial charge is 0.264 e. The van der Waals surface area contributed by atoms with Crippen LogP contribution in [0.4, 0.5) is 5.69 Å². The van der Waals surface area contributed by atoms with Gasteiger partial charge in [-0.05, 0) is 55.5 Å². The van der Waals surface area contributed by atoms with Crippen molar-refractivity contribution in [3.05, 3.63) is 64.9 Å². The van der Waals surface area contributed by atoms with Gasteiger partial charge in [0.1, 0.15) is 11.9 Å². The van der Waals surface area contributed by atoms with Crippen LogP contribution in [0, 0.1) is 6.92 Å². The zero-order valence-electron chi connectivity index (χ0n) is 15.0. The second kappa shape index (κ2) is 7.36. The number of aromatic nitrogens is 2. The fraction of sp³-hybridized carbons (Fsp3) is 0.250. The van der Waals surface area contributed by atoms with E-state index in [4.69, 9.17) is 0 Å². The van der Waals surface area contributed by atoms with E-state index in [-0.39, 0.29) is 11.8 Å². The van der Waals surface area contributed by atoms with Gasteiger partial charge < -0.3 is 14.8 Å². The highest BCUT2D eigenvalue weighted by Crippen LogP contribution is 2.24. The Hall–Kier alpha value is -2.93. The number of aryl methyl sites for hydroxylation is 1. The zero-order chi connectivity index (χ0) is 18.8. The van der Waals surface area contributed by atoms with Gasteiger partial charge in [0.25, 0.3) is 5.91 Å². The van der Waals surface area contributed by atoms with Crippen molar-refractivity contribution in [3.8, 4) is 5.69 Å². The van der Waals surface area contributed by atoms with Crippen LogP contribution >= 0.6 is 11.3 Å². The predicted octanol–water partition coefficient (Wildman–Crippen LogP) is 3.49. The highest BCUT2D eigenvalue weighted by molar-refractivity contribution is 7.12. The molecule has 0 unspecified atom stereocenters. The van der Waals surface area contributed by atoms with E-state index in [0.29, 0.717) is 17.8 Å². The van der Waals surface area contributed by atoms with Crippen LogP contribution < -0.4 is 5.32 Å². The third kappa shape index (κ3) is 3.50. The standard InChI is InChI=1S/C20H20N4O2S/c1-14-21-10-12-23(14)16-8-6-15(7-9-16)22-19(25)17-4-2-11-24(17)20(26)18-5-3-13-27-18/h3,5-10,12-13,17H,2,4,11H2,1H3,(H,22,25)/t17-/m0/s1. The van der Waals surface area contributed by atoms with Crippen molar-refractivity contribution in [2.45, 2.75) is 25.8 Å². The first kappa shape index (κ1) is 17.5. The number of hydrogen-bond donors (Lipinski definition) is 1. The first-order valence-electron chi connectivity index (χ1n) is 8.89. The highest BCUT2D eigenvalue weighted by atomic mass is 32.1. The minimum atomic E-state index is -0.421. The molecule has 2 amide bonds. The van der Waals surface area contributed by atoms with Crippen molar-refractivity contribution >= 4 is 28.8 Å². The van der Waals surface area contributed by atoms with Crippen molar-refractivity contribution < 1.29 is 9.59 Å². The van der Waals surface area contributed by atoms with E-state index in [2.05, 4.69) is 10.3 Å². The van der Waals surface area contributed by atoms with Gasteiger partial charge >= 0.3 is 0 Å². The summed E-state index contributed by atoms with van der Waals surface area (Å²) in [6, 6.07) is 10.8. The minimum Gasteiger partial charge on any atom is -0.326 e. The molecule has 3 heterocycles. The third-order valence-corrected chi connectivity index (χ3v) is 5.64. The first-order valence-corrected chi connectivity index (χ1v) is 9.77. The van der Waals surface area contributed by atoms with Crippen LogP contribution in [0.2, 0.25) is 0 Å². The molecule has 4 rings (SSSR count). The van der Waals surface area contributed by atoms with Gasteiger partial charge in [0, 0.05) is 30.3 Å². The summed E-state index contributed by atoms with van der Waals surface area (Å²) in [5.74, 6) is 0.707. The fourth-order valence-electron chi connectivity index (χ4n) is 3.41. The normalized spacial score (nSPS) is 16.5. The number of hydrogen-bond acceptors (Lipinski definition) is 4. The number of imidazole rings is 1. The summed E-state index contributed by atoms with van der Waals surface area (Å²) < 4.78 is 1.98. The summed E-state index contributed by atoms with van der Waals surface area (Å²) in [4.78, 5) is 32.0. The number of thiophene rings is 1. The van der Waals surface area contributed by atoms with E-state index in [1.807, 2.05) is 53.4 Å².